The van der Waals surface area contributed by atoms with E-state index in [4.69, 9.17) is 11.6 Å². The highest BCUT2D eigenvalue weighted by Crippen LogP contribution is 2.28. The van der Waals surface area contributed by atoms with Crippen molar-refractivity contribution in [3.8, 4) is 5.75 Å². The van der Waals surface area contributed by atoms with Crippen LogP contribution in [0, 0.1) is 0 Å². The quantitative estimate of drug-likeness (QED) is 0.867. The van der Waals surface area contributed by atoms with E-state index >= 15 is 0 Å². The van der Waals surface area contributed by atoms with Gasteiger partial charge in [0.2, 0.25) is 5.91 Å². The third-order valence-corrected chi connectivity index (χ3v) is 3.71. The molecule has 122 valence electrons. The van der Waals surface area contributed by atoms with Gasteiger partial charge in [-0.05, 0) is 25.1 Å². The summed E-state index contributed by atoms with van der Waals surface area (Å²) >= 11 is 5.84. The largest absolute Gasteiger partial charge is 0.433 e. The molecule has 0 spiro atoms. The fourth-order valence-corrected chi connectivity index (χ4v) is 2.50. The molecule has 22 heavy (non-hydrogen) atoms. The first-order valence-corrected chi connectivity index (χ1v) is 7.32. The minimum absolute atomic E-state index is 0.0219. The Morgan fingerprint density at radius 3 is 3.00 bits per heavy atom. The summed E-state index contributed by atoms with van der Waals surface area (Å²) < 4.78 is 28.5. The number of carbonyl (C=O) groups excluding carboxylic acids is 1. The Morgan fingerprint density at radius 1 is 1.59 bits per heavy atom. The highest BCUT2D eigenvalue weighted by molar-refractivity contribution is 6.32. The third kappa shape index (κ3) is 4.79. The fourth-order valence-electron chi connectivity index (χ4n) is 2.27. The van der Waals surface area contributed by atoms with Crippen LogP contribution in [0.3, 0.4) is 0 Å². The molecule has 0 saturated carbocycles. The average molecular weight is 334 g/mol. The molecule has 1 aromatic carbocycles. The number of nitrogens with one attached hydrogen (secondary N) is 2. The van der Waals surface area contributed by atoms with Crippen LogP contribution in [0.25, 0.3) is 0 Å². The van der Waals surface area contributed by atoms with Gasteiger partial charge >= 0.3 is 6.61 Å². The highest BCUT2D eigenvalue weighted by atomic mass is 35.5. The zero-order valence-electron chi connectivity index (χ0n) is 12.1. The first kappa shape index (κ1) is 16.9. The standard InChI is InChI=1S/C14H18ClF2N3O2/c1-9-7-18-4-5-20(9)8-13(21)19-10-2-3-12(11(15)6-10)22-14(16)17/h2-3,6,9,14,18H,4-5,7-8H2,1H3,(H,19,21)/t9-/m1/s1. The third-order valence-electron chi connectivity index (χ3n) is 3.42. The van der Waals surface area contributed by atoms with Crippen LogP contribution in [0.5, 0.6) is 5.75 Å². The Balaban J connectivity index is 1.92. The number of nitrogens with zero attached hydrogens (tertiary/aromatic N) is 1. The van der Waals surface area contributed by atoms with E-state index in [-0.39, 0.29) is 29.3 Å². The Hall–Kier alpha value is -1.44. The van der Waals surface area contributed by atoms with Gasteiger partial charge in [-0.25, -0.2) is 0 Å². The molecule has 2 N–H and O–H groups in total. The summed E-state index contributed by atoms with van der Waals surface area (Å²) in [6.07, 6.45) is 0. The number of amides is 1. The summed E-state index contributed by atoms with van der Waals surface area (Å²) in [5.74, 6) is -0.294. The normalized spacial score (nSPS) is 19.2. The van der Waals surface area contributed by atoms with Crippen molar-refractivity contribution >= 4 is 23.2 Å². The maximum absolute atomic E-state index is 12.1. The Bertz CT molecular complexity index is 531. The molecular formula is C14H18ClF2N3O2. The molecule has 2 rings (SSSR count). The van der Waals surface area contributed by atoms with E-state index < -0.39 is 6.61 Å². The molecule has 0 aliphatic carbocycles. The number of rotatable bonds is 5. The Kier molecular flexibility index (Phi) is 5.93. The van der Waals surface area contributed by atoms with Crippen molar-refractivity contribution in [2.24, 2.45) is 0 Å². The lowest BCUT2D eigenvalue weighted by molar-refractivity contribution is -0.118. The SMILES string of the molecule is C[C@@H]1CNCCN1CC(=O)Nc1ccc(OC(F)F)c(Cl)c1. The van der Waals surface area contributed by atoms with Gasteiger partial charge in [0.05, 0.1) is 11.6 Å². The van der Waals surface area contributed by atoms with Gasteiger partial charge in [-0.1, -0.05) is 11.6 Å². The van der Waals surface area contributed by atoms with Gasteiger partial charge in [0.1, 0.15) is 5.75 Å². The summed E-state index contributed by atoms with van der Waals surface area (Å²) in [6, 6.07) is 4.45. The molecule has 8 heteroatoms. The van der Waals surface area contributed by atoms with E-state index in [1.165, 1.54) is 18.2 Å². The predicted molar refractivity (Wildman–Crippen MR) is 80.6 cm³/mol. The molecule has 1 aliphatic heterocycles. The van der Waals surface area contributed by atoms with Gasteiger partial charge in [-0.15, -0.1) is 0 Å². The number of halogens is 3. The molecule has 5 nitrogen and oxygen atoms in total. The molecule has 1 heterocycles. The maximum atomic E-state index is 12.1. The molecule has 0 radical (unpaired) electrons. The van der Waals surface area contributed by atoms with Crippen molar-refractivity contribution in [1.82, 2.24) is 10.2 Å². The van der Waals surface area contributed by atoms with Crippen molar-refractivity contribution < 1.29 is 18.3 Å². The molecule has 1 aromatic rings. The molecule has 0 bridgehead atoms. The van der Waals surface area contributed by atoms with E-state index in [0.29, 0.717) is 5.69 Å². The lowest BCUT2D eigenvalue weighted by Crippen LogP contribution is -2.51. The summed E-state index contributed by atoms with van der Waals surface area (Å²) in [5, 5.41) is 5.98. The number of benzene rings is 1. The maximum Gasteiger partial charge on any atom is 0.387 e. The first-order chi connectivity index (χ1) is 10.5. The number of alkyl halides is 2. The smallest absolute Gasteiger partial charge is 0.387 e. The van der Waals surface area contributed by atoms with Gasteiger partial charge in [0.15, 0.2) is 0 Å². The number of carbonyl (C=O) groups is 1. The molecule has 1 aliphatic rings. The van der Waals surface area contributed by atoms with Crippen molar-refractivity contribution in [2.75, 3.05) is 31.5 Å². The van der Waals surface area contributed by atoms with Crippen LogP contribution in [0.1, 0.15) is 6.92 Å². The topological polar surface area (TPSA) is 53.6 Å². The van der Waals surface area contributed by atoms with Crippen LogP contribution < -0.4 is 15.4 Å². The summed E-state index contributed by atoms with van der Waals surface area (Å²) in [6.45, 7) is 1.88. The lowest BCUT2D eigenvalue weighted by atomic mass is 10.2. The first-order valence-electron chi connectivity index (χ1n) is 6.94. The van der Waals surface area contributed by atoms with Crippen molar-refractivity contribution in [2.45, 2.75) is 19.6 Å². The van der Waals surface area contributed by atoms with Gasteiger partial charge in [0, 0.05) is 31.4 Å². The average Bonchev–Trinajstić information content (AvgIpc) is 2.44. The highest BCUT2D eigenvalue weighted by Gasteiger charge is 2.20. The number of anilines is 1. The minimum atomic E-state index is -2.94. The second kappa shape index (κ2) is 7.71. The summed E-state index contributed by atoms with van der Waals surface area (Å²) in [7, 11) is 0. The number of hydrogen-bond acceptors (Lipinski definition) is 4. The molecule has 0 aromatic heterocycles. The number of hydrogen-bond donors (Lipinski definition) is 2. The van der Waals surface area contributed by atoms with E-state index in [0.717, 1.165) is 19.6 Å². The van der Waals surface area contributed by atoms with E-state index in [2.05, 4.69) is 20.3 Å². The van der Waals surface area contributed by atoms with Crippen LogP contribution in [-0.2, 0) is 4.79 Å². The van der Waals surface area contributed by atoms with Crippen LogP contribution in [0.2, 0.25) is 5.02 Å². The van der Waals surface area contributed by atoms with Crippen molar-refractivity contribution in [3.63, 3.8) is 0 Å². The minimum Gasteiger partial charge on any atom is -0.433 e. The van der Waals surface area contributed by atoms with Crippen molar-refractivity contribution in [1.29, 1.82) is 0 Å². The Labute approximate surface area is 132 Å². The van der Waals surface area contributed by atoms with Gasteiger partial charge < -0.3 is 15.4 Å². The molecule has 1 atom stereocenters. The fraction of sp³-hybridized carbons (Fsp3) is 0.500. The van der Waals surface area contributed by atoms with Crippen LogP contribution in [0.15, 0.2) is 18.2 Å². The van der Waals surface area contributed by atoms with Crippen LogP contribution in [-0.4, -0.2) is 49.6 Å². The van der Waals surface area contributed by atoms with E-state index in [1.54, 1.807) is 0 Å². The predicted octanol–water partition coefficient (Wildman–Crippen LogP) is 2.17. The zero-order valence-corrected chi connectivity index (χ0v) is 12.9. The molecule has 1 amide bonds. The van der Waals surface area contributed by atoms with E-state index in [1.807, 2.05) is 6.92 Å². The summed E-state index contributed by atoms with van der Waals surface area (Å²) in [5.41, 5.74) is 0.444. The zero-order chi connectivity index (χ0) is 16.1. The second-order valence-corrected chi connectivity index (χ2v) is 5.50. The van der Waals surface area contributed by atoms with Gasteiger partial charge in [0.25, 0.3) is 0 Å². The molecule has 0 unspecified atom stereocenters. The molecule has 1 saturated heterocycles. The molecule has 1 fully saturated rings. The Morgan fingerprint density at radius 2 is 2.36 bits per heavy atom. The van der Waals surface area contributed by atoms with Crippen LogP contribution in [0.4, 0.5) is 14.5 Å². The van der Waals surface area contributed by atoms with Gasteiger partial charge in [-0.3, -0.25) is 9.69 Å². The van der Waals surface area contributed by atoms with Gasteiger partial charge in [-0.2, -0.15) is 8.78 Å². The molecular weight excluding hydrogens is 316 g/mol. The monoisotopic (exact) mass is 333 g/mol. The number of piperazine rings is 1. The summed E-state index contributed by atoms with van der Waals surface area (Å²) in [4.78, 5) is 14.1. The van der Waals surface area contributed by atoms with Crippen molar-refractivity contribution in [3.05, 3.63) is 23.2 Å². The number of ether oxygens (including phenoxy) is 1. The van der Waals surface area contributed by atoms with E-state index in [9.17, 15) is 13.6 Å². The lowest BCUT2D eigenvalue weighted by Gasteiger charge is -2.33. The van der Waals surface area contributed by atoms with Crippen LogP contribution >= 0.6 is 11.6 Å². The second-order valence-electron chi connectivity index (χ2n) is 5.10.